The van der Waals surface area contributed by atoms with E-state index in [2.05, 4.69) is 15.2 Å². The van der Waals surface area contributed by atoms with Crippen molar-refractivity contribution in [2.24, 2.45) is 0 Å². The van der Waals surface area contributed by atoms with Crippen molar-refractivity contribution in [1.29, 1.82) is 0 Å². The number of halogens is 2. The Bertz CT molecular complexity index is 812. The number of anilines is 1. The Morgan fingerprint density at radius 3 is 2.45 bits per heavy atom. The Hall–Kier alpha value is -2.37. The van der Waals surface area contributed by atoms with E-state index >= 15 is 0 Å². The summed E-state index contributed by atoms with van der Waals surface area (Å²) in [6.45, 7) is 0. The summed E-state index contributed by atoms with van der Waals surface area (Å²) in [5.41, 5.74) is 6.92. The highest BCUT2D eigenvalue weighted by Crippen LogP contribution is 2.34. The molecule has 0 bridgehead atoms. The van der Waals surface area contributed by atoms with Gasteiger partial charge in [-0.1, -0.05) is 53.5 Å². The van der Waals surface area contributed by atoms with Crippen molar-refractivity contribution in [1.82, 2.24) is 15.2 Å². The highest BCUT2D eigenvalue weighted by atomic mass is 35.5. The maximum atomic E-state index is 6.11. The van der Waals surface area contributed by atoms with Gasteiger partial charge in [-0.3, -0.25) is 0 Å². The molecule has 110 valence electrons. The van der Waals surface area contributed by atoms with E-state index < -0.39 is 0 Å². The van der Waals surface area contributed by atoms with Crippen LogP contribution in [-0.4, -0.2) is 15.2 Å². The Morgan fingerprint density at radius 1 is 0.955 bits per heavy atom. The first-order valence-electron chi connectivity index (χ1n) is 6.32. The van der Waals surface area contributed by atoms with Gasteiger partial charge in [0.25, 0.3) is 5.88 Å². The molecule has 1 aromatic heterocycles. The summed E-state index contributed by atoms with van der Waals surface area (Å²) in [5, 5.41) is 8.58. The van der Waals surface area contributed by atoms with E-state index in [-0.39, 0.29) is 11.8 Å². The second kappa shape index (κ2) is 6.17. The van der Waals surface area contributed by atoms with Crippen molar-refractivity contribution >= 4 is 29.2 Å². The minimum Gasteiger partial charge on any atom is -0.434 e. The second-order valence-corrected chi connectivity index (χ2v) is 5.21. The third-order valence-corrected chi connectivity index (χ3v) is 3.35. The van der Waals surface area contributed by atoms with Crippen LogP contribution in [0.25, 0.3) is 11.3 Å². The predicted molar refractivity (Wildman–Crippen MR) is 86.2 cm³/mol. The fourth-order valence-electron chi connectivity index (χ4n) is 1.84. The normalized spacial score (nSPS) is 10.5. The maximum absolute atomic E-state index is 6.11. The van der Waals surface area contributed by atoms with E-state index in [1.54, 1.807) is 18.2 Å². The lowest BCUT2D eigenvalue weighted by Crippen LogP contribution is -2.02. The van der Waals surface area contributed by atoms with Crippen molar-refractivity contribution in [2.45, 2.75) is 0 Å². The smallest absolute Gasteiger partial charge is 0.265 e. The third-order valence-electron chi connectivity index (χ3n) is 2.82. The van der Waals surface area contributed by atoms with Crippen LogP contribution < -0.4 is 10.5 Å². The van der Waals surface area contributed by atoms with Gasteiger partial charge in [-0.2, -0.15) is 0 Å². The van der Waals surface area contributed by atoms with E-state index in [9.17, 15) is 0 Å². The Labute approximate surface area is 136 Å². The van der Waals surface area contributed by atoms with Crippen LogP contribution in [0.15, 0.2) is 48.5 Å². The van der Waals surface area contributed by atoms with Gasteiger partial charge >= 0.3 is 0 Å². The molecule has 0 unspecified atom stereocenters. The SMILES string of the molecule is Nc1nnc(Oc2ccc(Cl)cc2Cl)c(-c2ccccc2)n1. The Morgan fingerprint density at radius 2 is 1.73 bits per heavy atom. The summed E-state index contributed by atoms with van der Waals surface area (Å²) in [5.74, 6) is 0.683. The van der Waals surface area contributed by atoms with Gasteiger partial charge in [0.15, 0.2) is 0 Å². The van der Waals surface area contributed by atoms with Crippen LogP contribution in [0.4, 0.5) is 5.95 Å². The number of nitrogens with zero attached hydrogens (tertiary/aromatic N) is 3. The van der Waals surface area contributed by atoms with Crippen molar-refractivity contribution < 1.29 is 4.74 Å². The third kappa shape index (κ3) is 3.10. The minimum atomic E-state index is 0.0633. The zero-order chi connectivity index (χ0) is 15.5. The highest BCUT2D eigenvalue weighted by Gasteiger charge is 2.14. The predicted octanol–water partition coefficient (Wildman–Crippen LogP) is 4.22. The largest absolute Gasteiger partial charge is 0.434 e. The fraction of sp³-hybridized carbons (Fsp3) is 0. The van der Waals surface area contributed by atoms with Gasteiger partial charge in [0.2, 0.25) is 5.95 Å². The van der Waals surface area contributed by atoms with E-state index in [0.717, 1.165) is 5.56 Å². The van der Waals surface area contributed by atoms with Gasteiger partial charge in [0, 0.05) is 10.6 Å². The number of hydrogen-bond acceptors (Lipinski definition) is 5. The fourth-order valence-corrected chi connectivity index (χ4v) is 2.29. The molecule has 0 aliphatic rings. The molecule has 1 heterocycles. The zero-order valence-corrected chi connectivity index (χ0v) is 12.7. The lowest BCUT2D eigenvalue weighted by Gasteiger charge is -2.10. The summed E-state index contributed by atoms with van der Waals surface area (Å²) >= 11 is 12.0. The first kappa shape index (κ1) is 14.6. The van der Waals surface area contributed by atoms with Crippen LogP contribution in [0.3, 0.4) is 0 Å². The van der Waals surface area contributed by atoms with Crippen molar-refractivity contribution in [2.75, 3.05) is 5.73 Å². The Kier molecular flexibility index (Phi) is 4.09. The average Bonchev–Trinajstić information content (AvgIpc) is 2.52. The summed E-state index contributed by atoms with van der Waals surface area (Å²) in [6.07, 6.45) is 0. The van der Waals surface area contributed by atoms with Crippen LogP contribution in [-0.2, 0) is 0 Å². The zero-order valence-electron chi connectivity index (χ0n) is 11.2. The number of nitrogen functional groups attached to an aromatic ring is 1. The molecule has 0 aliphatic heterocycles. The van der Waals surface area contributed by atoms with Crippen molar-refractivity contribution in [3.05, 3.63) is 58.6 Å². The first-order chi connectivity index (χ1) is 10.6. The van der Waals surface area contributed by atoms with Gasteiger partial charge < -0.3 is 10.5 Å². The van der Waals surface area contributed by atoms with Gasteiger partial charge in [-0.25, -0.2) is 4.98 Å². The van der Waals surface area contributed by atoms with E-state index in [0.29, 0.717) is 21.5 Å². The number of hydrogen-bond donors (Lipinski definition) is 1. The highest BCUT2D eigenvalue weighted by molar-refractivity contribution is 6.35. The molecule has 5 nitrogen and oxygen atoms in total. The minimum absolute atomic E-state index is 0.0633. The summed E-state index contributed by atoms with van der Waals surface area (Å²) in [4.78, 5) is 4.20. The number of benzene rings is 2. The molecule has 0 radical (unpaired) electrons. The number of aromatic nitrogens is 3. The van der Waals surface area contributed by atoms with E-state index in [1.165, 1.54) is 0 Å². The molecule has 22 heavy (non-hydrogen) atoms. The van der Waals surface area contributed by atoms with Crippen LogP contribution in [0.2, 0.25) is 10.0 Å². The first-order valence-corrected chi connectivity index (χ1v) is 7.07. The van der Waals surface area contributed by atoms with Crippen LogP contribution >= 0.6 is 23.2 Å². The lowest BCUT2D eigenvalue weighted by atomic mass is 10.1. The standard InChI is InChI=1S/C15H10Cl2N4O/c16-10-6-7-12(11(17)8-10)22-14-13(19-15(18)21-20-14)9-4-2-1-3-5-9/h1-8H,(H2,18,19,21). The molecule has 2 N–H and O–H groups in total. The molecule has 3 rings (SSSR count). The molecule has 7 heteroatoms. The monoisotopic (exact) mass is 332 g/mol. The Balaban J connectivity index is 2.04. The van der Waals surface area contributed by atoms with Crippen LogP contribution in [0, 0.1) is 0 Å². The summed E-state index contributed by atoms with van der Waals surface area (Å²) < 4.78 is 5.72. The van der Waals surface area contributed by atoms with E-state index in [4.69, 9.17) is 33.7 Å². The molecule has 3 aromatic rings. The molecule has 0 fully saturated rings. The maximum Gasteiger partial charge on any atom is 0.265 e. The number of rotatable bonds is 3. The molecule has 0 saturated heterocycles. The van der Waals surface area contributed by atoms with Crippen molar-refractivity contribution in [3.8, 4) is 22.9 Å². The molecular weight excluding hydrogens is 323 g/mol. The summed E-state index contributed by atoms with van der Waals surface area (Å²) in [6, 6.07) is 14.3. The topological polar surface area (TPSA) is 73.9 Å². The van der Waals surface area contributed by atoms with Gasteiger partial charge in [-0.05, 0) is 18.2 Å². The molecule has 0 aliphatic carbocycles. The second-order valence-electron chi connectivity index (χ2n) is 4.37. The molecule has 0 spiro atoms. The number of ether oxygens (including phenoxy) is 1. The summed E-state index contributed by atoms with van der Waals surface area (Å²) in [7, 11) is 0. The quantitative estimate of drug-likeness (QED) is 0.777. The van der Waals surface area contributed by atoms with E-state index in [1.807, 2.05) is 30.3 Å². The lowest BCUT2D eigenvalue weighted by molar-refractivity contribution is 0.455. The van der Waals surface area contributed by atoms with Crippen LogP contribution in [0.1, 0.15) is 0 Å². The van der Waals surface area contributed by atoms with Crippen molar-refractivity contribution in [3.63, 3.8) is 0 Å². The van der Waals surface area contributed by atoms with Crippen LogP contribution in [0.5, 0.6) is 11.6 Å². The number of nitrogens with two attached hydrogens (primary N) is 1. The molecule has 0 atom stereocenters. The molecule has 2 aromatic carbocycles. The van der Waals surface area contributed by atoms with Gasteiger partial charge in [-0.15, -0.1) is 10.2 Å². The van der Waals surface area contributed by atoms with Gasteiger partial charge in [0.05, 0.1) is 5.02 Å². The molecular formula is C15H10Cl2N4O. The average molecular weight is 333 g/mol. The molecule has 0 saturated carbocycles. The van der Waals surface area contributed by atoms with Gasteiger partial charge in [0.1, 0.15) is 11.4 Å². The molecule has 0 amide bonds.